The fourth-order valence-corrected chi connectivity index (χ4v) is 2.69. The van der Waals surface area contributed by atoms with E-state index in [1.165, 1.54) is 25.8 Å². The molecule has 17 heavy (non-hydrogen) atoms. The van der Waals surface area contributed by atoms with Gasteiger partial charge in [0.1, 0.15) is 5.75 Å². The van der Waals surface area contributed by atoms with Crippen LogP contribution in [0, 0.1) is 0 Å². The van der Waals surface area contributed by atoms with Crippen LogP contribution in [-0.2, 0) is 0 Å². The predicted octanol–water partition coefficient (Wildman–Crippen LogP) is 2.69. The largest absolute Gasteiger partial charge is 0.506 e. The molecule has 0 aromatic heterocycles. The van der Waals surface area contributed by atoms with E-state index >= 15 is 0 Å². The minimum Gasteiger partial charge on any atom is -0.506 e. The summed E-state index contributed by atoms with van der Waals surface area (Å²) in [5, 5.41) is 13.3. The highest BCUT2D eigenvalue weighted by Gasteiger charge is 2.34. The number of rotatable bonds is 3. The van der Waals surface area contributed by atoms with E-state index in [1.54, 1.807) is 12.1 Å². The Hall–Kier alpha value is -0.930. The molecule has 1 saturated heterocycles. The normalized spacial score (nSPS) is 25.1. The van der Waals surface area contributed by atoms with E-state index in [-0.39, 0.29) is 5.75 Å². The number of anilines is 1. The summed E-state index contributed by atoms with van der Waals surface area (Å²) in [5.41, 5.74) is 0.996. The van der Waals surface area contributed by atoms with Gasteiger partial charge in [-0.2, -0.15) is 0 Å². The summed E-state index contributed by atoms with van der Waals surface area (Å²) >= 11 is 5.89. The van der Waals surface area contributed by atoms with Crippen molar-refractivity contribution in [2.45, 2.75) is 31.3 Å². The molecule has 1 aliphatic heterocycles. The van der Waals surface area contributed by atoms with Gasteiger partial charge in [-0.1, -0.05) is 11.6 Å². The third-order valence-corrected chi connectivity index (χ3v) is 3.90. The molecule has 0 amide bonds. The first-order valence-corrected chi connectivity index (χ1v) is 6.59. The summed E-state index contributed by atoms with van der Waals surface area (Å²) in [7, 11) is 0. The van der Waals surface area contributed by atoms with Gasteiger partial charge in [-0.05, 0) is 37.5 Å². The molecule has 1 atom stereocenters. The predicted molar refractivity (Wildman–Crippen MR) is 69.7 cm³/mol. The monoisotopic (exact) mass is 252 g/mol. The Morgan fingerprint density at radius 1 is 1.29 bits per heavy atom. The van der Waals surface area contributed by atoms with Gasteiger partial charge in [0.15, 0.2) is 0 Å². The van der Waals surface area contributed by atoms with Crippen molar-refractivity contribution < 1.29 is 5.11 Å². The van der Waals surface area contributed by atoms with Crippen LogP contribution in [0.5, 0.6) is 5.75 Å². The minimum atomic E-state index is 0.142. The molecule has 1 aromatic rings. The van der Waals surface area contributed by atoms with E-state index in [4.69, 9.17) is 11.6 Å². The zero-order valence-electron chi connectivity index (χ0n) is 9.69. The van der Waals surface area contributed by atoms with Crippen LogP contribution < -0.4 is 5.32 Å². The molecule has 2 N–H and O–H groups in total. The number of aromatic hydroxyl groups is 1. The molecular weight excluding hydrogens is 236 g/mol. The highest BCUT2D eigenvalue weighted by atomic mass is 35.5. The van der Waals surface area contributed by atoms with E-state index in [0.29, 0.717) is 11.1 Å². The lowest BCUT2D eigenvalue weighted by Crippen LogP contribution is -2.27. The van der Waals surface area contributed by atoms with E-state index in [9.17, 15) is 5.11 Å². The summed E-state index contributed by atoms with van der Waals surface area (Å²) < 4.78 is 0. The SMILES string of the molecule is Oc1ccc(NC2CCN(C3CC3)C2)cc1Cl. The van der Waals surface area contributed by atoms with Crippen molar-refractivity contribution in [3.8, 4) is 5.75 Å². The maximum Gasteiger partial charge on any atom is 0.134 e. The Kier molecular flexibility index (Phi) is 2.89. The van der Waals surface area contributed by atoms with Crippen LogP contribution in [0.15, 0.2) is 18.2 Å². The highest BCUT2D eigenvalue weighted by molar-refractivity contribution is 6.32. The first-order valence-electron chi connectivity index (χ1n) is 6.21. The van der Waals surface area contributed by atoms with Gasteiger partial charge in [-0.15, -0.1) is 0 Å². The average molecular weight is 253 g/mol. The zero-order valence-corrected chi connectivity index (χ0v) is 10.5. The number of halogens is 1. The molecule has 1 aliphatic carbocycles. The molecule has 2 fully saturated rings. The fraction of sp³-hybridized carbons (Fsp3) is 0.538. The second-order valence-electron chi connectivity index (χ2n) is 5.02. The number of nitrogens with zero attached hydrogens (tertiary/aromatic N) is 1. The number of hydrogen-bond donors (Lipinski definition) is 2. The van der Waals surface area contributed by atoms with Gasteiger partial charge in [0.05, 0.1) is 5.02 Å². The van der Waals surface area contributed by atoms with E-state index < -0.39 is 0 Å². The summed E-state index contributed by atoms with van der Waals surface area (Å²) in [6, 6.07) is 6.66. The molecular formula is C13H17ClN2O. The summed E-state index contributed by atoms with van der Waals surface area (Å²) in [5.74, 6) is 0.142. The number of nitrogens with one attached hydrogen (secondary N) is 1. The van der Waals surface area contributed by atoms with Crippen LogP contribution in [-0.4, -0.2) is 35.2 Å². The molecule has 1 saturated carbocycles. The molecule has 92 valence electrons. The van der Waals surface area contributed by atoms with Crippen molar-refractivity contribution >= 4 is 17.3 Å². The first kappa shape index (κ1) is 11.2. The summed E-state index contributed by atoms with van der Waals surface area (Å²) in [4.78, 5) is 2.57. The van der Waals surface area contributed by atoms with Crippen molar-refractivity contribution in [3.63, 3.8) is 0 Å². The summed E-state index contributed by atoms with van der Waals surface area (Å²) in [6.07, 6.45) is 3.94. The lowest BCUT2D eigenvalue weighted by Gasteiger charge is -2.16. The van der Waals surface area contributed by atoms with Crippen molar-refractivity contribution in [2.75, 3.05) is 18.4 Å². The Balaban J connectivity index is 1.61. The van der Waals surface area contributed by atoms with Crippen LogP contribution in [0.1, 0.15) is 19.3 Å². The van der Waals surface area contributed by atoms with Crippen LogP contribution in [0.4, 0.5) is 5.69 Å². The second-order valence-corrected chi connectivity index (χ2v) is 5.43. The third-order valence-electron chi connectivity index (χ3n) is 3.60. The van der Waals surface area contributed by atoms with E-state index in [2.05, 4.69) is 10.2 Å². The molecule has 1 heterocycles. The van der Waals surface area contributed by atoms with Gasteiger partial charge in [0, 0.05) is 30.9 Å². The third kappa shape index (κ3) is 2.50. The van der Waals surface area contributed by atoms with Gasteiger partial charge in [0.2, 0.25) is 0 Å². The van der Waals surface area contributed by atoms with Crippen LogP contribution in [0.2, 0.25) is 5.02 Å². The Morgan fingerprint density at radius 2 is 2.12 bits per heavy atom. The maximum atomic E-state index is 9.36. The Labute approximate surface area is 106 Å². The standard InChI is InChI=1S/C13H17ClN2O/c14-12-7-9(1-4-13(12)17)15-10-5-6-16(8-10)11-2-3-11/h1,4,7,10-11,15,17H,2-3,5-6,8H2. The van der Waals surface area contributed by atoms with Crippen molar-refractivity contribution in [1.82, 2.24) is 4.90 Å². The van der Waals surface area contributed by atoms with Gasteiger partial charge < -0.3 is 10.4 Å². The smallest absolute Gasteiger partial charge is 0.134 e. The minimum absolute atomic E-state index is 0.142. The zero-order chi connectivity index (χ0) is 11.8. The van der Waals surface area contributed by atoms with E-state index in [0.717, 1.165) is 18.3 Å². The second kappa shape index (κ2) is 4.39. The quantitative estimate of drug-likeness (QED) is 0.812. The fourth-order valence-electron chi connectivity index (χ4n) is 2.51. The average Bonchev–Trinajstić information content (AvgIpc) is 3.06. The lowest BCUT2D eigenvalue weighted by molar-refractivity contribution is 0.326. The van der Waals surface area contributed by atoms with Crippen molar-refractivity contribution in [2.24, 2.45) is 0 Å². The lowest BCUT2D eigenvalue weighted by atomic mass is 10.2. The molecule has 2 aliphatic rings. The Bertz CT molecular complexity index is 420. The van der Waals surface area contributed by atoms with Gasteiger partial charge in [-0.25, -0.2) is 0 Å². The molecule has 1 unspecified atom stereocenters. The number of hydrogen-bond acceptors (Lipinski definition) is 3. The number of benzene rings is 1. The van der Waals surface area contributed by atoms with Gasteiger partial charge >= 0.3 is 0 Å². The summed E-state index contributed by atoms with van der Waals surface area (Å²) in [6.45, 7) is 2.33. The number of likely N-dealkylation sites (tertiary alicyclic amines) is 1. The molecule has 0 bridgehead atoms. The molecule has 0 spiro atoms. The van der Waals surface area contributed by atoms with Gasteiger partial charge in [-0.3, -0.25) is 4.90 Å². The molecule has 4 heteroatoms. The Morgan fingerprint density at radius 3 is 2.82 bits per heavy atom. The number of phenols is 1. The molecule has 3 nitrogen and oxygen atoms in total. The van der Waals surface area contributed by atoms with Crippen LogP contribution >= 0.6 is 11.6 Å². The number of phenolic OH excluding ortho intramolecular Hbond substituents is 1. The topological polar surface area (TPSA) is 35.5 Å². The van der Waals surface area contributed by atoms with Crippen molar-refractivity contribution in [1.29, 1.82) is 0 Å². The van der Waals surface area contributed by atoms with E-state index in [1.807, 2.05) is 6.07 Å². The van der Waals surface area contributed by atoms with Crippen LogP contribution in [0.25, 0.3) is 0 Å². The first-order chi connectivity index (χ1) is 8.22. The highest BCUT2D eigenvalue weighted by Crippen LogP contribution is 2.31. The maximum absolute atomic E-state index is 9.36. The molecule has 0 radical (unpaired) electrons. The molecule has 3 rings (SSSR count). The van der Waals surface area contributed by atoms with Crippen LogP contribution in [0.3, 0.4) is 0 Å². The van der Waals surface area contributed by atoms with Gasteiger partial charge in [0.25, 0.3) is 0 Å². The molecule has 1 aromatic carbocycles. The van der Waals surface area contributed by atoms with Crippen molar-refractivity contribution in [3.05, 3.63) is 23.2 Å².